The van der Waals surface area contributed by atoms with Crippen LogP contribution in [0.1, 0.15) is 53.7 Å². The van der Waals surface area contributed by atoms with Crippen LogP contribution in [0.3, 0.4) is 0 Å². The summed E-state index contributed by atoms with van der Waals surface area (Å²) in [7, 11) is 0. The highest BCUT2D eigenvalue weighted by molar-refractivity contribution is 5.93. The summed E-state index contributed by atoms with van der Waals surface area (Å²) in [6.45, 7) is 9.95. The third-order valence-electron chi connectivity index (χ3n) is 2.89. The van der Waals surface area contributed by atoms with Gasteiger partial charge in [0, 0.05) is 6.42 Å². The SMILES string of the molecule is CC/C=C(\CC)OC(=O)c1c(C)cc(C)cc1C. The minimum absolute atomic E-state index is 0.244. The Labute approximate surface area is 110 Å². The molecule has 0 aliphatic rings. The highest BCUT2D eigenvalue weighted by atomic mass is 16.5. The number of hydrogen-bond donors (Lipinski definition) is 0. The lowest BCUT2D eigenvalue weighted by molar-refractivity contribution is 0.0613. The molecule has 1 aromatic rings. The molecule has 2 heteroatoms. The van der Waals surface area contributed by atoms with E-state index >= 15 is 0 Å². The molecular formula is C16H22O2. The van der Waals surface area contributed by atoms with Crippen molar-refractivity contribution in [1.82, 2.24) is 0 Å². The van der Waals surface area contributed by atoms with E-state index in [0.29, 0.717) is 5.56 Å². The molecule has 0 saturated carbocycles. The largest absolute Gasteiger partial charge is 0.428 e. The molecule has 0 fully saturated rings. The second-order valence-corrected chi connectivity index (χ2v) is 4.60. The quantitative estimate of drug-likeness (QED) is 0.578. The molecule has 2 nitrogen and oxygen atoms in total. The van der Waals surface area contributed by atoms with Gasteiger partial charge in [-0.1, -0.05) is 31.5 Å². The molecule has 0 unspecified atom stereocenters. The van der Waals surface area contributed by atoms with Crippen LogP contribution in [0.2, 0.25) is 0 Å². The van der Waals surface area contributed by atoms with E-state index in [0.717, 1.165) is 29.7 Å². The molecule has 98 valence electrons. The van der Waals surface area contributed by atoms with Crippen LogP contribution in [0, 0.1) is 20.8 Å². The Balaban J connectivity index is 3.01. The third kappa shape index (κ3) is 3.46. The number of benzene rings is 1. The number of ether oxygens (including phenoxy) is 1. The standard InChI is InChI=1S/C16H22O2/c1-6-8-14(7-2)18-16(17)15-12(4)9-11(3)10-13(15)5/h8-10H,6-7H2,1-5H3/b14-8+. The molecule has 0 aliphatic carbocycles. The first kappa shape index (κ1) is 14.5. The van der Waals surface area contributed by atoms with Gasteiger partial charge < -0.3 is 4.74 Å². The minimum atomic E-state index is -0.244. The predicted octanol–water partition coefficient (Wildman–Crippen LogP) is 4.47. The fourth-order valence-electron chi connectivity index (χ4n) is 2.16. The van der Waals surface area contributed by atoms with E-state index in [-0.39, 0.29) is 5.97 Å². The van der Waals surface area contributed by atoms with E-state index in [9.17, 15) is 4.79 Å². The van der Waals surface area contributed by atoms with E-state index in [1.165, 1.54) is 5.56 Å². The Morgan fingerprint density at radius 1 is 1.17 bits per heavy atom. The first-order valence-electron chi connectivity index (χ1n) is 6.48. The van der Waals surface area contributed by atoms with Crippen molar-refractivity contribution in [2.75, 3.05) is 0 Å². The summed E-state index contributed by atoms with van der Waals surface area (Å²) in [6, 6.07) is 4.03. The van der Waals surface area contributed by atoms with Crippen LogP contribution in [0.25, 0.3) is 0 Å². The summed E-state index contributed by atoms with van der Waals surface area (Å²) in [5.74, 6) is 0.508. The van der Waals surface area contributed by atoms with Crippen LogP contribution >= 0.6 is 0 Å². The van der Waals surface area contributed by atoms with Gasteiger partial charge in [0.1, 0.15) is 5.76 Å². The molecule has 0 amide bonds. The molecule has 0 saturated heterocycles. The molecule has 0 bridgehead atoms. The molecule has 1 rings (SSSR count). The van der Waals surface area contributed by atoms with Crippen LogP contribution in [-0.2, 0) is 4.74 Å². The summed E-state index contributed by atoms with van der Waals surface area (Å²) in [5.41, 5.74) is 3.81. The molecule has 18 heavy (non-hydrogen) atoms. The number of allylic oxidation sites excluding steroid dienone is 2. The van der Waals surface area contributed by atoms with Crippen LogP contribution in [0.5, 0.6) is 0 Å². The van der Waals surface area contributed by atoms with Crippen LogP contribution < -0.4 is 0 Å². The maximum absolute atomic E-state index is 12.2. The van der Waals surface area contributed by atoms with Gasteiger partial charge in [-0.05, 0) is 44.4 Å². The van der Waals surface area contributed by atoms with Gasteiger partial charge in [-0.2, -0.15) is 0 Å². The number of carbonyl (C=O) groups excluding carboxylic acids is 1. The Morgan fingerprint density at radius 2 is 1.72 bits per heavy atom. The molecule has 0 heterocycles. The highest BCUT2D eigenvalue weighted by Gasteiger charge is 2.15. The van der Waals surface area contributed by atoms with Gasteiger partial charge in [-0.3, -0.25) is 0 Å². The maximum atomic E-state index is 12.2. The number of aryl methyl sites for hydroxylation is 3. The molecule has 0 N–H and O–H groups in total. The maximum Gasteiger partial charge on any atom is 0.343 e. The van der Waals surface area contributed by atoms with Crippen LogP contribution in [-0.4, -0.2) is 5.97 Å². The molecule has 0 spiro atoms. The van der Waals surface area contributed by atoms with Crippen LogP contribution in [0.4, 0.5) is 0 Å². The number of hydrogen-bond acceptors (Lipinski definition) is 2. The van der Waals surface area contributed by atoms with Crippen molar-refractivity contribution in [2.24, 2.45) is 0 Å². The van der Waals surface area contributed by atoms with Crippen molar-refractivity contribution >= 4 is 5.97 Å². The molecule has 0 radical (unpaired) electrons. The van der Waals surface area contributed by atoms with Gasteiger partial charge in [-0.15, -0.1) is 0 Å². The fourth-order valence-corrected chi connectivity index (χ4v) is 2.16. The zero-order valence-electron chi connectivity index (χ0n) is 12.0. The monoisotopic (exact) mass is 246 g/mol. The van der Waals surface area contributed by atoms with Crippen molar-refractivity contribution in [2.45, 2.75) is 47.5 Å². The van der Waals surface area contributed by atoms with E-state index in [4.69, 9.17) is 4.74 Å². The smallest absolute Gasteiger partial charge is 0.343 e. The summed E-state index contributed by atoms with van der Waals surface area (Å²) in [4.78, 5) is 12.2. The van der Waals surface area contributed by atoms with Crippen molar-refractivity contribution in [1.29, 1.82) is 0 Å². The van der Waals surface area contributed by atoms with Crippen molar-refractivity contribution in [3.63, 3.8) is 0 Å². The van der Waals surface area contributed by atoms with Crippen molar-refractivity contribution in [3.8, 4) is 0 Å². The minimum Gasteiger partial charge on any atom is -0.428 e. The molecular weight excluding hydrogens is 224 g/mol. The lowest BCUT2D eigenvalue weighted by atomic mass is 10.00. The number of rotatable bonds is 4. The molecule has 0 aromatic heterocycles. The number of carbonyl (C=O) groups is 1. The van der Waals surface area contributed by atoms with E-state index in [1.807, 2.05) is 52.8 Å². The second kappa shape index (κ2) is 6.39. The Kier molecular flexibility index (Phi) is 5.14. The second-order valence-electron chi connectivity index (χ2n) is 4.60. The van der Waals surface area contributed by atoms with Crippen molar-refractivity contribution in [3.05, 3.63) is 46.2 Å². The predicted molar refractivity (Wildman–Crippen MR) is 74.7 cm³/mol. The lowest BCUT2D eigenvalue weighted by Gasteiger charge is -2.12. The molecule has 1 aromatic carbocycles. The van der Waals surface area contributed by atoms with E-state index in [2.05, 4.69) is 0 Å². The average molecular weight is 246 g/mol. The average Bonchev–Trinajstić information content (AvgIpc) is 2.26. The summed E-state index contributed by atoms with van der Waals surface area (Å²) in [6.07, 6.45) is 3.57. The topological polar surface area (TPSA) is 26.3 Å². The highest BCUT2D eigenvalue weighted by Crippen LogP contribution is 2.19. The van der Waals surface area contributed by atoms with Gasteiger partial charge in [0.05, 0.1) is 5.56 Å². The first-order valence-corrected chi connectivity index (χ1v) is 6.48. The zero-order chi connectivity index (χ0) is 13.7. The Morgan fingerprint density at radius 3 is 2.17 bits per heavy atom. The summed E-state index contributed by atoms with van der Waals surface area (Å²) in [5, 5.41) is 0. The normalized spacial score (nSPS) is 11.5. The first-order chi connectivity index (χ1) is 8.49. The van der Waals surface area contributed by atoms with Gasteiger partial charge in [0.25, 0.3) is 0 Å². The summed E-state index contributed by atoms with van der Waals surface area (Å²) < 4.78 is 5.45. The summed E-state index contributed by atoms with van der Waals surface area (Å²) >= 11 is 0. The zero-order valence-corrected chi connectivity index (χ0v) is 12.0. The van der Waals surface area contributed by atoms with Gasteiger partial charge in [-0.25, -0.2) is 4.79 Å². The molecule has 0 aliphatic heterocycles. The van der Waals surface area contributed by atoms with Crippen molar-refractivity contribution < 1.29 is 9.53 Å². The molecule has 0 atom stereocenters. The Hall–Kier alpha value is -1.57. The number of esters is 1. The Bertz CT molecular complexity index is 447. The van der Waals surface area contributed by atoms with E-state index < -0.39 is 0 Å². The van der Waals surface area contributed by atoms with Gasteiger partial charge >= 0.3 is 5.97 Å². The third-order valence-corrected chi connectivity index (χ3v) is 2.89. The fraction of sp³-hybridized carbons (Fsp3) is 0.438. The lowest BCUT2D eigenvalue weighted by Crippen LogP contribution is -2.09. The van der Waals surface area contributed by atoms with Gasteiger partial charge in [0.15, 0.2) is 0 Å². The van der Waals surface area contributed by atoms with E-state index in [1.54, 1.807) is 0 Å². The van der Waals surface area contributed by atoms with Gasteiger partial charge in [0.2, 0.25) is 0 Å². The van der Waals surface area contributed by atoms with Crippen LogP contribution in [0.15, 0.2) is 24.0 Å².